The zero-order valence-electron chi connectivity index (χ0n) is 15.2. The number of esters is 1. The number of carbonyl (C=O) groups excluding carboxylic acids is 2. The third kappa shape index (κ3) is 3.84. The zero-order chi connectivity index (χ0) is 20.4. The van der Waals surface area contributed by atoms with Gasteiger partial charge in [0.05, 0.1) is 17.8 Å². The van der Waals surface area contributed by atoms with Crippen molar-refractivity contribution >= 4 is 51.2 Å². The molecule has 1 N–H and O–H groups in total. The third-order valence-electron chi connectivity index (χ3n) is 4.25. The number of halogens is 2. The largest absolute Gasteiger partial charge is 0.507 e. The van der Waals surface area contributed by atoms with E-state index in [2.05, 4.69) is 15.9 Å². The summed E-state index contributed by atoms with van der Waals surface area (Å²) >= 11 is 9.29. The van der Waals surface area contributed by atoms with Gasteiger partial charge >= 0.3 is 5.97 Å². The van der Waals surface area contributed by atoms with E-state index in [0.717, 1.165) is 4.47 Å². The van der Waals surface area contributed by atoms with E-state index in [4.69, 9.17) is 16.3 Å². The molecule has 0 radical (unpaired) electrons. The number of hydrogen-bond donors (Lipinski definition) is 1. The lowest BCUT2D eigenvalue weighted by Gasteiger charge is -2.18. The molecule has 0 saturated heterocycles. The fourth-order valence-electron chi connectivity index (χ4n) is 2.98. The van der Waals surface area contributed by atoms with Crippen LogP contribution < -0.4 is 4.90 Å². The molecule has 0 atom stereocenters. The van der Waals surface area contributed by atoms with E-state index in [1.807, 2.05) is 0 Å². The number of benzene rings is 2. The number of aromatic hydroxyl groups is 1. The molecular formula is C21H17BrClNO4. The van der Waals surface area contributed by atoms with Gasteiger partial charge in [-0.3, -0.25) is 9.69 Å². The monoisotopic (exact) mass is 461 g/mol. The summed E-state index contributed by atoms with van der Waals surface area (Å²) in [5.41, 5.74) is 1.76. The molecule has 1 aliphatic rings. The number of phenols is 1. The van der Waals surface area contributed by atoms with E-state index in [1.54, 1.807) is 50.2 Å². The molecule has 144 valence electrons. The molecule has 0 aromatic heterocycles. The summed E-state index contributed by atoms with van der Waals surface area (Å²) in [5, 5.41) is 10.7. The molecule has 0 spiro atoms. The summed E-state index contributed by atoms with van der Waals surface area (Å²) < 4.78 is 5.89. The molecule has 1 amide bonds. The van der Waals surface area contributed by atoms with Crippen molar-refractivity contribution in [2.75, 3.05) is 11.5 Å². The molecule has 1 aliphatic heterocycles. The Labute approximate surface area is 176 Å². The second kappa shape index (κ2) is 8.20. The molecule has 0 unspecified atom stereocenters. The maximum Gasteiger partial charge on any atom is 0.340 e. The van der Waals surface area contributed by atoms with E-state index in [9.17, 15) is 14.7 Å². The Bertz CT molecular complexity index is 1010. The first-order valence-electron chi connectivity index (χ1n) is 8.52. The van der Waals surface area contributed by atoms with Gasteiger partial charge in [0.15, 0.2) is 0 Å². The van der Waals surface area contributed by atoms with Gasteiger partial charge in [-0.05, 0) is 62.4 Å². The minimum Gasteiger partial charge on any atom is -0.507 e. The first kappa shape index (κ1) is 20.2. The SMILES string of the molecule is CCOC(=O)C1=C(C)N(c2ccc(Cl)cc2)C(=O)/C1=C\c1cc(Br)ccc1O. The Hall–Kier alpha value is -2.57. The van der Waals surface area contributed by atoms with Crippen molar-refractivity contribution in [1.82, 2.24) is 0 Å². The lowest BCUT2D eigenvalue weighted by Crippen LogP contribution is -2.24. The van der Waals surface area contributed by atoms with E-state index in [-0.39, 0.29) is 29.4 Å². The van der Waals surface area contributed by atoms with Gasteiger partial charge in [-0.25, -0.2) is 4.79 Å². The van der Waals surface area contributed by atoms with E-state index in [0.29, 0.717) is 22.0 Å². The average Bonchev–Trinajstić information content (AvgIpc) is 2.89. The van der Waals surface area contributed by atoms with E-state index >= 15 is 0 Å². The van der Waals surface area contributed by atoms with Crippen molar-refractivity contribution in [3.63, 3.8) is 0 Å². The summed E-state index contributed by atoms with van der Waals surface area (Å²) in [6.07, 6.45) is 1.49. The van der Waals surface area contributed by atoms with Crippen LogP contribution in [0.4, 0.5) is 5.69 Å². The number of phenolic OH excluding ortho intramolecular Hbond substituents is 1. The molecular weight excluding hydrogens is 446 g/mol. The van der Waals surface area contributed by atoms with Gasteiger partial charge in [-0.1, -0.05) is 27.5 Å². The first-order chi connectivity index (χ1) is 13.3. The Morgan fingerprint density at radius 3 is 2.57 bits per heavy atom. The quantitative estimate of drug-likeness (QED) is 0.508. The fourth-order valence-corrected chi connectivity index (χ4v) is 3.48. The number of anilines is 1. The van der Waals surface area contributed by atoms with Crippen LogP contribution in [0, 0.1) is 0 Å². The van der Waals surface area contributed by atoms with Crippen molar-refractivity contribution in [3.05, 3.63) is 74.4 Å². The van der Waals surface area contributed by atoms with Crippen molar-refractivity contribution < 1.29 is 19.4 Å². The summed E-state index contributed by atoms with van der Waals surface area (Å²) in [7, 11) is 0. The number of carbonyl (C=O) groups is 2. The lowest BCUT2D eigenvalue weighted by atomic mass is 10.0. The highest BCUT2D eigenvalue weighted by Crippen LogP contribution is 2.37. The highest BCUT2D eigenvalue weighted by atomic mass is 79.9. The number of nitrogens with zero attached hydrogens (tertiary/aromatic N) is 1. The molecule has 7 heteroatoms. The zero-order valence-corrected chi connectivity index (χ0v) is 17.5. The van der Waals surface area contributed by atoms with Crippen LogP contribution in [-0.2, 0) is 14.3 Å². The van der Waals surface area contributed by atoms with Crippen molar-refractivity contribution in [2.45, 2.75) is 13.8 Å². The van der Waals surface area contributed by atoms with Crippen LogP contribution in [0.3, 0.4) is 0 Å². The number of hydrogen-bond acceptors (Lipinski definition) is 4. The lowest BCUT2D eigenvalue weighted by molar-refractivity contribution is -0.138. The molecule has 0 fully saturated rings. The predicted octanol–water partition coefficient (Wildman–Crippen LogP) is 5.08. The Kier molecular flexibility index (Phi) is 5.91. The van der Waals surface area contributed by atoms with Crippen LogP contribution in [0.15, 0.2) is 63.8 Å². The molecule has 0 bridgehead atoms. The van der Waals surface area contributed by atoms with Gasteiger partial charge in [0.25, 0.3) is 5.91 Å². The molecule has 1 heterocycles. The van der Waals surface area contributed by atoms with Gasteiger partial charge in [-0.2, -0.15) is 0 Å². The second-order valence-electron chi connectivity index (χ2n) is 6.06. The maximum absolute atomic E-state index is 13.2. The molecule has 3 rings (SSSR count). The van der Waals surface area contributed by atoms with Crippen molar-refractivity contribution in [2.24, 2.45) is 0 Å². The Morgan fingerprint density at radius 1 is 1.25 bits per heavy atom. The maximum atomic E-state index is 13.2. The van der Waals surface area contributed by atoms with Gasteiger partial charge in [0.1, 0.15) is 5.75 Å². The second-order valence-corrected chi connectivity index (χ2v) is 7.41. The number of allylic oxidation sites excluding steroid dienone is 1. The smallest absolute Gasteiger partial charge is 0.340 e. The predicted molar refractivity (Wildman–Crippen MR) is 112 cm³/mol. The average molecular weight is 463 g/mol. The first-order valence-corrected chi connectivity index (χ1v) is 9.69. The van der Waals surface area contributed by atoms with Crippen LogP contribution >= 0.6 is 27.5 Å². The minimum absolute atomic E-state index is 0.00527. The van der Waals surface area contributed by atoms with Gasteiger partial charge in [-0.15, -0.1) is 0 Å². The van der Waals surface area contributed by atoms with Crippen molar-refractivity contribution in [3.8, 4) is 5.75 Å². The highest BCUT2D eigenvalue weighted by Gasteiger charge is 2.38. The van der Waals surface area contributed by atoms with Gasteiger partial charge in [0.2, 0.25) is 0 Å². The summed E-state index contributed by atoms with van der Waals surface area (Å²) in [6, 6.07) is 11.6. The van der Waals surface area contributed by atoms with E-state index < -0.39 is 5.97 Å². The number of rotatable bonds is 4. The summed E-state index contributed by atoms with van der Waals surface area (Å²) in [4.78, 5) is 27.2. The molecule has 0 aliphatic carbocycles. The van der Waals surface area contributed by atoms with Gasteiger partial charge < -0.3 is 9.84 Å². The van der Waals surface area contributed by atoms with Crippen LogP contribution in [0.1, 0.15) is 19.4 Å². The molecule has 0 saturated carbocycles. The van der Waals surface area contributed by atoms with E-state index in [1.165, 1.54) is 17.0 Å². The minimum atomic E-state index is -0.592. The Balaban J connectivity index is 2.16. The summed E-state index contributed by atoms with van der Waals surface area (Å²) in [6.45, 7) is 3.56. The third-order valence-corrected chi connectivity index (χ3v) is 5.00. The topological polar surface area (TPSA) is 66.8 Å². The fraction of sp³-hybridized carbons (Fsp3) is 0.143. The number of ether oxygens (including phenoxy) is 1. The standard InChI is InChI=1S/C21H17BrClNO4/c1-3-28-21(27)19-12(2)24(16-7-5-15(23)6-8-16)20(26)17(19)11-13-10-14(22)4-9-18(13)25/h4-11,25H,3H2,1-2H3/b17-11-. The summed E-state index contributed by atoms with van der Waals surface area (Å²) in [5.74, 6) is -0.984. The highest BCUT2D eigenvalue weighted by molar-refractivity contribution is 9.10. The molecule has 5 nitrogen and oxygen atoms in total. The van der Waals surface area contributed by atoms with Crippen LogP contribution in [0.2, 0.25) is 5.02 Å². The normalized spacial score (nSPS) is 15.5. The van der Waals surface area contributed by atoms with Crippen molar-refractivity contribution in [1.29, 1.82) is 0 Å². The molecule has 2 aromatic carbocycles. The molecule has 2 aromatic rings. The Morgan fingerprint density at radius 2 is 1.93 bits per heavy atom. The van der Waals surface area contributed by atoms with Crippen LogP contribution in [0.5, 0.6) is 5.75 Å². The van der Waals surface area contributed by atoms with Crippen LogP contribution in [-0.4, -0.2) is 23.6 Å². The van der Waals surface area contributed by atoms with Crippen LogP contribution in [0.25, 0.3) is 6.08 Å². The van der Waals surface area contributed by atoms with Gasteiger partial charge in [0, 0.05) is 26.4 Å². The molecule has 28 heavy (non-hydrogen) atoms. The number of amides is 1.